The first-order chi connectivity index (χ1) is 14.6. The lowest BCUT2D eigenvalue weighted by atomic mass is 10.1. The second-order valence-electron chi connectivity index (χ2n) is 6.87. The van der Waals surface area contributed by atoms with Crippen molar-refractivity contribution in [1.82, 2.24) is 14.3 Å². The maximum atomic E-state index is 13.0. The summed E-state index contributed by atoms with van der Waals surface area (Å²) in [6.45, 7) is 4.57. The number of allylic oxidation sites excluding steroid dienone is 1. The summed E-state index contributed by atoms with van der Waals surface area (Å²) in [5.41, 5.74) is -1.26. The number of nitriles is 1. The number of aromatic nitrogens is 3. The van der Waals surface area contributed by atoms with Crippen LogP contribution >= 0.6 is 0 Å². The molecule has 0 unspecified atom stereocenters. The van der Waals surface area contributed by atoms with Gasteiger partial charge in [-0.2, -0.15) is 23.5 Å². The van der Waals surface area contributed by atoms with Crippen LogP contribution in [-0.4, -0.2) is 26.3 Å². The topological polar surface area (TPSA) is 80.7 Å². The monoisotopic (exact) mass is 426 g/mol. The van der Waals surface area contributed by atoms with Crippen LogP contribution in [0.1, 0.15) is 32.7 Å². The molecule has 3 rings (SSSR count). The van der Waals surface area contributed by atoms with Crippen LogP contribution in [0.15, 0.2) is 60.2 Å². The van der Waals surface area contributed by atoms with E-state index < -0.39 is 40.8 Å². The summed E-state index contributed by atoms with van der Waals surface area (Å²) < 4.78 is 41.5. The molecule has 1 aromatic carbocycles. The van der Waals surface area contributed by atoms with Gasteiger partial charge in [0.2, 0.25) is 0 Å². The van der Waals surface area contributed by atoms with Crippen molar-refractivity contribution >= 4 is 11.4 Å². The third-order valence-corrected chi connectivity index (χ3v) is 4.79. The van der Waals surface area contributed by atoms with E-state index in [1.807, 2.05) is 30.3 Å². The highest BCUT2D eigenvalue weighted by atomic mass is 19.4. The number of hydrogen-bond acceptors (Lipinski definition) is 4. The zero-order chi connectivity index (χ0) is 22.8. The Morgan fingerprint density at radius 1 is 1.26 bits per heavy atom. The summed E-state index contributed by atoms with van der Waals surface area (Å²) in [4.78, 5) is 25.2. The first kappa shape index (κ1) is 21.8. The molecule has 3 aromatic rings. The average molecular weight is 426 g/mol. The number of carbonyl (C=O) groups is 1. The SMILES string of the molecule is C=C(c1cc(C#N)c(=O)n(CC(=O)c2cnn(Cc3ccccc3)c2C)c1)C(F)(F)F. The van der Waals surface area contributed by atoms with Crippen molar-refractivity contribution in [3.05, 3.63) is 93.7 Å². The molecule has 31 heavy (non-hydrogen) atoms. The van der Waals surface area contributed by atoms with Crippen molar-refractivity contribution < 1.29 is 18.0 Å². The average Bonchev–Trinajstić information content (AvgIpc) is 3.09. The predicted molar refractivity (Wildman–Crippen MR) is 107 cm³/mol. The van der Waals surface area contributed by atoms with E-state index in [4.69, 9.17) is 5.26 Å². The molecule has 0 N–H and O–H groups in total. The van der Waals surface area contributed by atoms with Gasteiger partial charge in [-0.15, -0.1) is 0 Å². The number of alkyl halides is 3. The second kappa shape index (κ2) is 8.44. The Hall–Kier alpha value is -3.93. The number of carbonyl (C=O) groups excluding carboxylic acids is 1. The van der Waals surface area contributed by atoms with Gasteiger partial charge in [-0.05, 0) is 18.6 Å². The van der Waals surface area contributed by atoms with Gasteiger partial charge in [0.25, 0.3) is 5.56 Å². The summed E-state index contributed by atoms with van der Waals surface area (Å²) >= 11 is 0. The van der Waals surface area contributed by atoms with Crippen LogP contribution in [0.4, 0.5) is 13.2 Å². The zero-order valence-corrected chi connectivity index (χ0v) is 16.5. The highest BCUT2D eigenvalue weighted by molar-refractivity contribution is 5.96. The predicted octanol–water partition coefficient (Wildman–Crippen LogP) is 3.73. The minimum Gasteiger partial charge on any atom is -0.306 e. The molecule has 0 aliphatic rings. The molecule has 0 fully saturated rings. The number of ketones is 1. The molecule has 0 aliphatic heterocycles. The van der Waals surface area contributed by atoms with E-state index in [2.05, 4.69) is 11.7 Å². The number of nitrogens with zero attached hydrogens (tertiary/aromatic N) is 4. The fourth-order valence-corrected chi connectivity index (χ4v) is 3.04. The van der Waals surface area contributed by atoms with Crippen molar-refractivity contribution in [2.24, 2.45) is 0 Å². The van der Waals surface area contributed by atoms with Gasteiger partial charge in [-0.3, -0.25) is 14.3 Å². The second-order valence-corrected chi connectivity index (χ2v) is 6.87. The summed E-state index contributed by atoms with van der Waals surface area (Å²) in [6.07, 6.45) is -2.50. The highest BCUT2D eigenvalue weighted by Crippen LogP contribution is 2.32. The van der Waals surface area contributed by atoms with E-state index in [1.54, 1.807) is 17.7 Å². The largest absolute Gasteiger partial charge is 0.416 e. The highest BCUT2D eigenvalue weighted by Gasteiger charge is 2.33. The van der Waals surface area contributed by atoms with E-state index in [-0.39, 0.29) is 5.56 Å². The van der Waals surface area contributed by atoms with E-state index in [9.17, 15) is 22.8 Å². The Bertz CT molecular complexity index is 1250. The van der Waals surface area contributed by atoms with Crippen LogP contribution < -0.4 is 5.56 Å². The Labute approximate surface area is 175 Å². The molecule has 0 saturated heterocycles. The first-order valence-corrected chi connectivity index (χ1v) is 9.12. The summed E-state index contributed by atoms with van der Waals surface area (Å²) in [5.74, 6) is -0.516. The summed E-state index contributed by atoms with van der Waals surface area (Å²) in [5, 5.41) is 13.3. The van der Waals surface area contributed by atoms with Gasteiger partial charge in [0, 0.05) is 17.5 Å². The first-order valence-electron chi connectivity index (χ1n) is 9.12. The van der Waals surface area contributed by atoms with Crippen molar-refractivity contribution in [2.45, 2.75) is 26.2 Å². The molecule has 9 heteroatoms. The van der Waals surface area contributed by atoms with Crippen LogP contribution in [0.5, 0.6) is 0 Å². The van der Waals surface area contributed by atoms with Gasteiger partial charge < -0.3 is 4.57 Å². The van der Waals surface area contributed by atoms with Crippen molar-refractivity contribution in [3.63, 3.8) is 0 Å². The Morgan fingerprint density at radius 3 is 2.55 bits per heavy atom. The van der Waals surface area contributed by atoms with Crippen molar-refractivity contribution in [2.75, 3.05) is 0 Å². The fraction of sp³-hybridized carbons (Fsp3) is 0.182. The van der Waals surface area contributed by atoms with Crippen LogP contribution in [0, 0.1) is 18.3 Å². The maximum Gasteiger partial charge on any atom is 0.416 e. The molecular weight excluding hydrogens is 409 g/mol. The minimum atomic E-state index is -4.74. The van der Waals surface area contributed by atoms with Crippen molar-refractivity contribution in [1.29, 1.82) is 5.26 Å². The van der Waals surface area contributed by atoms with Gasteiger partial charge in [-0.1, -0.05) is 36.9 Å². The third-order valence-electron chi connectivity index (χ3n) is 4.79. The summed E-state index contributed by atoms with van der Waals surface area (Å²) in [7, 11) is 0. The molecule has 158 valence electrons. The molecule has 2 heterocycles. The normalized spacial score (nSPS) is 11.2. The molecule has 0 radical (unpaired) electrons. The lowest BCUT2D eigenvalue weighted by Gasteiger charge is -2.13. The Balaban J connectivity index is 1.91. The molecular formula is C22H17F3N4O2. The summed E-state index contributed by atoms with van der Waals surface area (Å²) in [6, 6.07) is 11.8. The van der Waals surface area contributed by atoms with E-state index in [0.717, 1.165) is 22.4 Å². The number of hydrogen-bond donors (Lipinski definition) is 0. The molecule has 0 amide bonds. The number of halogens is 3. The number of Topliss-reactive ketones (excluding diaryl/α,β-unsaturated/α-hetero) is 1. The Kier molecular flexibility index (Phi) is 5.92. The maximum absolute atomic E-state index is 13.0. The van der Waals surface area contributed by atoms with Gasteiger partial charge in [-0.25, -0.2) is 0 Å². The van der Waals surface area contributed by atoms with Crippen LogP contribution in [0.25, 0.3) is 5.57 Å². The standard InChI is InChI=1S/C22H17F3N4O2/c1-14(22(23,24)25)18-8-17(9-26)21(31)28(12-18)13-20(30)19-10-27-29(15(19)2)11-16-6-4-3-5-7-16/h3-8,10,12H,1,11,13H2,2H3. The zero-order valence-electron chi connectivity index (χ0n) is 16.5. The van der Waals surface area contributed by atoms with E-state index in [1.165, 1.54) is 6.20 Å². The van der Waals surface area contributed by atoms with Crippen LogP contribution in [0.2, 0.25) is 0 Å². The fourth-order valence-electron chi connectivity index (χ4n) is 3.04. The molecule has 0 spiro atoms. The van der Waals surface area contributed by atoms with E-state index in [0.29, 0.717) is 12.2 Å². The molecule has 2 aromatic heterocycles. The third kappa shape index (κ3) is 4.64. The molecule has 0 bridgehead atoms. The molecule has 6 nitrogen and oxygen atoms in total. The number of pyridine rings is 1. The number of rotatable bonds is 6. The van der Waals surface area contributed by atoms with Gasteiger partial charge >= 0.3 is 6.18 Å². The molecule has 0 saturated carbocycles. The lowest BCUT2D eigenvalue weighted by molar-refractivity contribution is -0.0686. The van der Waals surface area contributed by atoms with Crippen LogP contribution in [0.3, 0.4) is 0 Å². The lowest BCUT2D eigenvalue weighted by Crippen LogP contribution is -2.27. The van der Waals surface area contributed by atoms with Crippen molar-refractivity contribution in [3.8, 4) is 6.07 Å². The molecule has 0 atom stereocenters. The van der Waals surface area contributed by atoms with Gasteiger partial charge in [0.15, 0.2) is 5.78 Å². The minimum absolute atomic E-state index is 0.237. The Morgan fingerprint density at radius 2 is 1.94 bits per heavy atom. The van der Waals surface area contributed by atoms with E-state index >= 15 is 0 Å². The number of benzene rings is 1. The quantitative estimate of drug-likeness (QED) is 0.563. The van der Waals surface area contributed by atoms with Crippen LogP contribution in [-0.2, 0) is 13.1 Å². The van der Waals surface area contributed by atoms with Gasteiger partial charge in [0.1, 0.15) is 11.6 Å². The van der Waals surface area contributed by atoms with Gasteiger partial charge in [0.05, 0.1) is 30.4 Å². The smallest absolute Gasteiger partial charge is 0.306 e. The molecule has 0 aliphatic carbocycles.